The summed E-state index contributed by atoms with van der Waals surface area (Å²) >= 11 is 0. The summed E-state index contributed by atoms with van der Waals surface area (Å²) in [6.45, 7) is 2.48. The van der Waals surface area contributed by atoms with E-state index in [1.165, 1.54) is 18.0 Å². The van der Waals surface area contributed by atoms with Crippen LogP contribution in [-0.2, 0) is 6.54 Å². The fourth-order valence-electron chi connectivity index (χ4n) is 2.98. The largest absolute Gasteiger partial charge is 0.481 e. The monoisotopic (exact) mass is 424 g/mol. The Morgan fingerprint density at radius 1 is 1.06 bits per heavy atom. The zero-order chi connectivity index (χ0) is 22.2. The Hall–Kier alpha value is -3.95. The van der Waals surface area contributed by atoms with Crippen molar-refractivity contribution >= 4 is 28.4 Å². The van der Waals surface area contributed by atoms with Gasteiger partial charge in [-0.25, -0.2) is 19.9 Å². The highest BCUT2D eigenvalue weighted by Gasteiger charge is 2.17. The van der Waals surface area contributed by atoms with Crippen LogP contribution in [0.15, 0.2) is 47.4 Å². The van der Waals surface area contributed by atoms with E-state index in [2.05, 4.69) is 33.2 Å². The lowest BCUT2D eigenvalue weighted by atomic mass is 10.1. The average molecular weight is 424 g/mol. The third kappa shape index (κ3) is 5.35. The molecular formula is C21H24N6O4. The summed E-state index contributed by atoms with van der Waals surface area (Å²) in [4.78, 5) is 41.5. The molecule has 162 valence electrons. The summed E-state index contributed by atoms with van der Waals surface area (Å²) in [5.41, 5.74) is 4.82. The fraction of sp³-hybridized carbons (Fsp3) is 0.286. The summed E-state index contributed by atoms with van der Waals surface area (Å²) in [5.74, 6) is -0.227. The number of benzene rings is 1. The maximum Gasteiger partial charge on any atom is 0.337 e. The molecule has 0 saturated heterocycles. The minimum absolute atomic E-state index is 0.0538. The van der Waals surface area contributed by atoms with E-state index in [1.54, 1.807) is 36.4 Å². The summed E-state index contributed by atoms with van der Waals surface area (Å²) in [5, 5.41) is 7.59. The lowest BCUT2D eigenvalue weighted by Crippen LogP contribution is -2.44. The van der Waals surface area contributed by atoms with Gasteiger partial charge < -0.3 is 10.1 Å². The summed E-state index contributed by atoms with van der Waals surface area (Å²) in [6.07, 6.45) is 4.14. The maximum absolute atomic E-state index is 12.7. The second-order valence-electron chi connectivity index (χ2n) is 6.75. The number of pyridine rings is 1. The Balaban J connectivity index is 1.74. The van der Waals surface area contributed by atoms with Crippen molar-refractivity contribution in [3.63, 3.8) is 0 Å². The number of aryl methyl sites for hydroxylation is 1. The predicted molar refractivity (Wildman–Crippen MR) is 116 cm³/mol. The predicted octanol–water partition coefficient (Wildman–Crippen LogP) is 2.46. The maximum atomic E-state index is 12.7. The molecule has 1 aromatic carbocycles. The van der Waals surface area contributed by atoms with Gasteiger partial charge in [0.1, 0.15) is 0 Å². The van der Waals surface area contributed by atoms with E-state index in [0.29, 0.717) is 28.9 Å². The van der Waals surface area contributed by atoms with Gasteiger partial charge in [0.2, 0.25) is 5.88 Å². The zero-order valence-electron chi connectivity index (χ0n) is 17.3. The number of hydrazine groups is 1. The number of hydrogen-bond acceptors (Lipinski definition) is 6. The Kier molecular flexibility index (Phi) is 7.15. The lowest BCUT2D eigenvalue weighted by Gasteiger charge is -2.12. The molecule has 3 rings (SSSR count). The van der Waals surface area contributed by atoms with Crippen molar-refractivity contribution in [3.8, 4) is 5.88 Å². The number of rotatable bonds is 7. The molecule has 10 heteroatoms. The molecule has 0 spiro atoms. The Morgan fingerprint density at radius 3 is 2.52 bits per heavy atom. The van der Waals surface area contributed by atoms with Crippen LogP contribution in [0.25, 0.3) is 10.8 Å². The second kappa shape index (κ2) is 10.2. The van der Waals surface area contributed by atoms with Gasteiger partial charge in [-0.05, 0) is 18.6 Å². The number of methoxy groups -OCH3 is 1. The highest BCUT2D eigenvalue weighted by molar-refractivity contribution is 6.05. The number of nitrogens with zero attached hydrogens (tertiary/aromatic N) is 3. The van der Waals surface area contributed by atoms with E-state index in [4.69, 9.17) is 4.74 Å². The highest BCUT2D eigenvalue weighted by atomic mass is 16.5. The molecule has 3 N–H and O–H groups in total. The molecule has 0 atom stereocenters. The minimum Gasteiger partial charge on any atom is -0.481 e. The molecule has 0 aliphatic heterocycles. The molecule has 3 aromatic rings. The quantitative estimate of drug-likeness (QED) is 0.395. The summed E-state index contributed by atoms with van der Waals surface area (Å²) < 4.78 is 6.26. The molecule has 0 saturated carbocycles. The highest BCUT2D eigenvalue weighted by Crippen LogP contribution is 2.14. The second-order valence-corrected chi connectivity index (χ2v) is 6.75. The van der Waals surface area contributed by atoms with Crippen LogP contribution in [-0.4, -0.2) is 33.8 Å². The number of ether oxygens (including phenoxy) is 1. The first-order valence-electron chi connectivity index (χ1n) is 9.90. The van der Waals surface area contributed by atoms with Crippen LogP contribution in [0.2, 0.25) is 0 Å². The van der Waals surface area contributed by atoms with Crippen molar-refractivity contribution < 1.29 is 14.3 Å². The summed E-state index contributed by atoms with van der Waals surface area (Å²) in [7, 11) is 1.49. The van der Waals surface area contributed by atoms with Crippen molar-refractivity contribution in [1.82, 2.24) is 25.6 Å². The number of hydrogen-bond donors (Lipinski definition) is 3. The van der Waals surface area contributed by atoms with Crippen molar-refractivity contribution in [1.29, 1.82) is 0 Å². The van der Waals surface area contributed by atoms with Crippen molar-refractivity contribution in [3.05, 3.63) is 58.6 Å². The van der Waals surface area contributed by atoms with E-state index in [0.717, 1.165) is 19.3 Å². The summed E-state index contributed by atoms with van der Waals surface area (Å²) in [6, 6.07) is 9.29. The van der Waals surface area contributed by atoms with Gasteiger partial charge in [-0.3, -0.25) is 15.0 Å². The van der Waals surface area contributed by atoms with Gasteiger partial charge in [0, 0.05) is 18.0 Å². The number of carbonyl (C=O) groups is 2. The van der Waals surface area contributed by atoms with E-state index >= 15 is 0 Å². The van der Waals surface area contributed by atoms with Gasteiger partial charge in [-0.2, -0.15) is 5.10 Å². The van der Waals surface area contributed by atoms with Crippen LogP contribution in [0, 0.1) is 0 Å². The number of anilines is 1. The Morgan fingerprint density at radius 2 is 1.84 bits per heavy atom. The molecule has 0 aliphatic carbocycles. The van der Waals surface area contributed by atoms with Gasteiger partial charge in [-0.15, -0.1) is 0 Å². The smallest absolute Gasteiger partial charge is 0.337 e. The SMILES string of the molecule is CCCCCn1nc(C(=O)NNC(=O)Nc2ccc(OC)nc2)c2ccccc2c1=O. The standard InChI is InChI=1S/C21H24N6O4/c1-3-4-7-12-27-20(29)16-9-6-5-8-15(16)18(26-27)19(28)24-25-21(30)23-14-10-11-17(31-2)22-13-14/h5-6,8-11,13H,3-4,7,12H2,1-2H3,(H,24,28)(H2,23,25,30). The van der Waals surface area contributed by atoms with Crippen molar-refractivity contribution in [2.75, 3.05) is 12.4 Å². The molecule has 2 heterocycles. The van der Waals surface area contributed by atoms with Gasteiger partial charge in [0.25, 0.3) is 11.5 Å². The first kappa shape index (κ1) is 21.8. The van der Waals surface area contributed by atoms with Crippen LogP contribution < -0.4 is 26.5 Å². The first-order chi connectivity index (χ1) is 15.0. The van der Waals surface area contributed by atoms with E-state index in [9.17, 15) is 14.4 Å². The molecule has 2 aromatic heterocycles. The Labute approximate surface area is 178 Å². The molecule has 0 radical (unpaired) electrons. The number of carbonyl (C=O) groups excluding carboxylic acids is 2. The molecule has 3 amide bonds. The third-order valence-corrected chi connectivity index (χ3v) is 4.55. The van der Waals surface area contributed by atoms with Gasteiger partial charge in [-0.1, -0.05) is 38.0 Å². The Bertz CT molecular complexity index is 1130. The zero-order valence-corrected chi connectivity index (χ0v) is 17.3. The van der Waals surface area contributed by atoms with Crippen LogP contribution in [0.5, 0.6) is 5.88 Å². The van der Waals surface area contributed by atoms with Crippen LogP contribution >= 0.6 is 0 Å². The van der Waals surface area contributed by atoms with Gasteiger partial charge >= 0.3 is 6.03 Å². The number of urea groups is 1. The first-order valence-corrected chi connectivity index (χ1v) is 9.90. The molecule has 10 nitrogen and oxygen atoms in total. The molecule has 0 bridgehead atoms. The van der Waals surface area contributed by atoms with Crippen molar-refractivity contribution in [2.45, 2.75) is 32.7 Å². The molecule has 0 fully saturated rings. The molecule has 0 aliphatic rings. The van der Waals surface area contributed by atoms with Crippen LogP contribution in [0.3, 0.4) is 0 Å². The number of unbranched alkanes of at least 4 members (excludes halogenated alkanes) is 2. The molecule has 0 unspecified atom stereocenters. The number of fused-ring (bicyclic) bond motifs is 1. The van der Waals surface area contributed by atoms with Gasteiger partial charge in [0.15, 0.2) is 5.69 Å². The van der Waals surface area contributed by atoms with Crippen molar-refractivity contribution in [2.24, 2.45) is 0 Å². The fourth-order valence-corrected chi connectivity index (χ4v) is 2.98. The van der Waals surface area contributed by atoms with E-state index in [1.807, 2.05) is 0 Å². The van der Waals surface area contributed by atoms with Crippen LogP contribution in [0.1, 0.15) is 36.7 Å². The number of amides is 3. The van der Waals surface area contributed by atoms with E-state index < -0.39 is 11.9 Å². The van der Waals surface area contributed by atoms with Crippen LogP contribution in [0.4, 0.5) is 10.5 Å². The molecular weight excluding hydrogens is 400 g/mol. The third-order valence-electron chi connectivity index (χ3n) is 4.55. The topological polar surface area (TPSA) is 127 Å². The van der Waals surface area contributed by atoms with Gasteiger partial charge in [0.05, 0.1) is 24.4 Å². The molecule has 31 heavy (non-hydrogen) atoms. The van der Waals surface area contributed by atoms with E-state index in [-0.39, 0.29) is 11.3 Å². The normalized spacial score (nSPS) is 10.5. The average Bonchev–Trinajstić information content (AvgIpc) is 2.79. The number of aromatic nitrogens is 3. The lowest BCUT2D eigenvalue weighted by molar-refractivity contribution is 0.0932. The number of nitrogens with one attached hydrogen (secondary N) is 3. The minimum atomic E-state index is -0.666.